The van der Waals surface area contributed by atoms with E-state index >= 15 is 0 Å². The number of pyridine rings is 1. The summed E-state index contributed by atoms with van der Waals surface area (Å²) in [6.45, 7) is 1.34. The summed E-state index contributed by atoms with van der Waals surface area (Å²) in [5.41, 5.74) is -0.315. The fourth-order valence-electron chi connectivity index (χ4n) is 2.32. The minimum Gasteiger partial charge on any atom is -0.438 e. The van der Waals surface area contributed by atoms with E-state index in [9.17, 15) is 26.7 Å². The van der Waals surface area contributed by atoms with E-state index in [0.29, 0.717) is 18.0 Å². The normalized spacial score (nSPS) is 11.5. The molecule has 5 nitrogen and oxygen atoms in total. The summed E-state index contributed by atoms with van der Waals surface area (Å²) in [4.78, 5) is 18.7. The van der Waals surface area contributed by atoms with Crippen LogP contribution in [0, 0.1) is 18.6 Å². The van der Waals surface area contributed by atoms with Crippen LogP contribution in [0.3, 0.4) is 0 Å². The minimum atomic E-state index is -4.71. The Kier molecular flexibility index (Phi) is 4.64. The Bertz CT molecular complexity index is 977. The number of amides is 1. The van der Waals surface area contributed by atoms with Crippen LogP contribution in [0.25, 0.3) is 11.3 Å². The van der Waals surface area contributed by atoms with Crippen LogP contribution < -0.4 is 5.32 Å². The molecule has 1 aromatic carbocycles. The van der Waals surface area contributed by atoms with Gasteiger partial charge in [-0.1, -0.05) is 12.1 Å². The summed E-state index contributed by atoms with van der Waals surface area (Å²) in [7, 11) is 0. The van der Waals surface area contributed by atoms with Crippen molar-refractivity contribution in [3.63, 3.8) is 0 Å². The molecule has 0 bridgehead atoms. The summed E-state index contributed by atoms with van der Waals surface area (Å²) < 4.78 is 69.7. The number of aromatic nitrogens is 2. The van der Waals surface area contributed by atoms with E-state index in [2.05, 4.69) is 19.7 Å². The lowest BCUT2D eigenvalue weighted by Gasteiger charge is -2.07. The Morgan fingerprint density at radius 1 is 1.07 bits per heavy atom. The van der Waals surface area contributed by atoms with Gasteiger partial charge < -0.3 is 9.73 Å². The second kappa shape index (κ2) is 6.78. The van der Waals surface area contributed by atoms with Crippen molar-refractivity contribution in [1.82, 2.24) is 9.97 Å². The number of carbonyl (C=O) groups excluding carboxylic acids is 1. The fourth-order valence-corrected chi connectivity index (χ4v) is 2.32. The summed E-state index contributed by atoms with van der Waals surface area (Å²) >= 11 is 0. The van der Waals surface area contributed by atoms with Gasteiger partial charge in [0.1, 0.15) is 17.0 Å². The average Bonchev–Trinajstić information content (AvgIpc) is 2.97. The van der Waals surface area contributed by atoms with Gasteiger partial charge in [-0.15, -0.1) is 0 Å². The fraction of sp³-hybridized carbons (Fsp3) is 0.118. The molecule has 0 saturated carbocycles. The highest BCUT2D eigenvalue weighted by molar-refractivity contribution is 6.04. The molecular weight excluding hydrogens is 373 g/mol. The summed E-state index contributed by atoms with van der Waals surface area (Å²) in [6.07, 6.45) is -3.31. The molecule has 10 heteroatoms. The minimum absolute atomic E-state index is 0.00794. The molecule has 0 saturated heterocycles. The third kappa shape index (κ3) is 3.78. The number of oxazole rings is 1. The van der Waals surface area contributed by atoms with E-state index in [-0.39, 0.29) is 17.1 Å². The summed E-state index contributed by atoms with van der Waals surface area (Å²) in [6, 6.07) is 5.48. The number of anilines is 1. The molecule has 0 aliphatic heterocycles. The quantitative estimate of drug-likeness (QED) is 0.672. The van der Waals surface area contributed by atoms with E-state index in [1.807, 2.05) is 0 Å². The van der Waals surface area contributed by atoms with Crippen molar-refractivity contribution in [3.8, 4) is 11.3 Å². The van der Waals surface area contributed by atoms with Gasteiger partial charge in [0, 0.05) is 11.3 Å². The van der Waals surface area contributed by atoms with Crippen molar-refractivity contribution < 1.29 is 31.2 Å². The molecule has 3 rings (SSSR count). The Morgan fingerprint density at radius 3 is 2.19 bits per heavy atom. The van der Waals surface area contributed by atoms with E-state index < -0.39 is 35.2 Å². The number of nitrogens with zero attached hydrogens (tertiary/aromatic N) is 2. The number of alkyl halides is 3. The molecule has 0 radical (unpaired) electrons. The molecule has 0 atom stereocenters. The maximum Gasteiger partial charge on any atom is 0.468 e. The maximum atomic E-state index is 13.6. The first-order valence-corrected chi connectivity index (χ1v) is 7.42. The highest BCUT2D eigenvalue weighted by Crippen LogP contribution is 2.33. The second-order valence-electron chi connectivity index (χ2n) is 5.43. The highest BCUT2D eigenvalue weighted by Gasteiger charge is 2.38. The third-order valence-corrected chi connectivity index (χ3v) is 3.54. The van der Waals surface area contributed by atoms with Gasteiger partial charge in [0.05, 0.1) is 12.4 Å². The van der Waals surface area contributed by atoms with Gasteiger partial charge in [-0.05, 0) is 19.1 Å². The van der Waals surface area contributed by atoms with Crippen molar-refractivity contribution in [2.24, 2.45) is 0 Å². The monoisotopic (exact) mass is 383 g/mol. The SMILES string of the molecule is Cc1oc(C(F)(F)F)nc1-c1ccc(NC(=O)c2c(F)cncc2F)cc1. The van der Waals surface area contributed by atoms with Crippen molar-refractivity contribution in [1.29, 1.82) is 0 Å². The Labute approximate surface area is 148 Å². The highest BCUT2D eigenvalue weighted by atomic mass is 19.4. The first kappa shape index (κ1) is 18.5. The van der Waals surface area contributed by atoms with Gasteiger partial charge in [0.2, 0.25) is 0 Å². The molecular formula is C17H10F5N3O2. The predicted molar refractivity (Wildman–Crippen MR) is 83.8 cm³/mol. The maximum absolute atomic E-state index is 13.6. The Balaban J connectivity index is 1.82. The average molecular weight is 383 g/mol. The Morgan fingerprint density at radius 2 is 1.67 bits per heavy atom. The first-order valence-electron chi connectivity index (χ1n) is 7.42. The van der Waals surface area contributed by atoms with Crippen LogP contribution in [-0.2, 0) is 6.18 Å². The Hall–Kier alpha value is -3.30. The van der Waals surface area contributed by atoms with Gasteiger partial charge in [0.25, 0.3) is 5.91 Å². The number of aryl methyl sites for hydroxylation is 1. The molecule has 1 N–H and O–H groups in total. The number of rotatable bonds is 3. The number of nitrogens with one attached hydrogen (secondary N) is 1. The number of carbonyl (C=O) groups is 1. The van der Waals surface area contributed by atoms with Crippen molar-refractivity contribution >= 4 is 11.6 Å². The van der Waals surface area contributed by atoms with E-state index in [1.54, 1.807) is 0 Å². The lowest BCUT2D eigenvalue weighted by molar-refractivity contribution is -0.157. The van der Waals surface area contributed by atoms with Gasteiger partial charge in [0.15, 0.2) is 11.6 Å². The second-order valence-corrected chi connectivity index (χ2v) is 5.43. The van der Waals surface area contributed by atoms with Gasteiger partial charge in [-0.25, -0.2) is 13.8 Å². The molecule has 2 heterocycles. The van der Waals surface area contributed by atoms with Crippen molar-refractivity contribution in [2.75, 3.05) is 5.32 Å². The van der Waals surface area contributed by atoms with Crippen LogP contribution in [-0.4, -0.2) is 15.9 Å². The zero-order valence-corrected chi connectivity index (χ0v) is 13.6. The van der Waals surface area contributed by atoms with E-state index in [1.165, 1.54) is 31.2 Å². The van der Waals surface area contributed by atoms with Crippen LogP contribution in [0.5, 0.6) is 0 Å². The van der Waals surface area contributed by atoms with Gasteiger partial charge in [-0.3, -0.25) is 9.78 Å². The predicted octanol–water partition coefficient (Wildman–Crippen LogP) is 4.59. The zero-order chi connectivity index (χ0) is 19.8. The van der Waals surface area contributed by atoms with E-state index in [0.717, 1.165) is 0 Å². The summed E-state index contributed by atoms with van der Waals surface area (Å²) in [5, 5.41) is 2.29. The van der Waals surface area contributed by atoms with Crippen LogP contribution in [0.4, 0.5) is 27.6 Å². The number of halogens is 5. The molecule has 0 aliphatic rings. The molecule has 140 valence electrons. The first-order chi connectivity index (χ1) is 12.7. The van der Waals surface area contributed by atoms with Crippen LogP contribution in [0.1, 0.15) is 22.0 Å². The number of hydrogen-bond donors (Lipinski definition) is 1. The van der Waals surface area contributed by atoms with Crippen LogP contribution in [0.2, 0.25) is 0 Å². The molecule has 0 spiro atoms. The van der Waals surface area contributed by atoms with Gasteiger partial charge >= 0.3 is 12.1 Å². The smallest absolute Gasteiger partial charge is 0.438 e. The molecule has 27 heavy (non-hydrogen) atoms. The molecule has 0 unspecified atom stereocenters. The van der Waals surface area contributed by atoms with Gasteiger partial charge in [-0.2, -0.15) is 13.2 Å². The molecule has 0 aliphatic carbocycles. The lowest BCUT2D eigenvalue weighted by atomic mass is 10.1. The van der Waals surface area contributed by atoms with Crippen LogP contribution in [0.15, 0.2) is 41.1 Å². The molecule has 2 aromatic heterocycles. The molecule has 3 aromatic rings. The number of benzene rings is 1. The van der Waals surface area contributed by atoms with E-state index in [4.69, 9.17) is 0 Å². The number of hydrogen-bond acceptors (Lipinski definition) is 4. The standard InChI is InChI=1S/C17H10F5N3O2/c1-8-14(25-16(27-8)17(20,21)22)9-2-4-10(5-3-9)24-15(26)13-11(18)6-23-7-12(13)19/h2-7H,1H3,(H,24,26). The lowest BCUT2D eigenvalue weighted by Crippen LogP contribution is -2.16. The third-order valence-electron chi connectivity index (χ3n) is 3.54. The summed E-state index contributed by atoms with van der Waals surface area (Å²) in [5.74, 6) is -4.67. The largest absolute Gasteiger partial charge is 0.468 e. The van der Waals surface area contributed by atoms with Crippen molar-refractivity contribution in [3.05, 3.63) is 65.5 Å². The topological polar surface area (TPSA) is 68.0 Å². The molecule has 1 amide bonds. The molecule has 0 fully saturated rings. The zero-order valence-electron chi connectivity index (χ0n) is 13.6. The van der Waals surface area contributed by atoms with Crippen LogP contribution >= 0.6 is 0 Å². The van der Waals surface area contributed by atoms with Crippen molar-refractivity contribution in [2.45, 2.75) is 13.1 Å².